The van der Waals surface area contributed by atoms with E-state index in [4.69, 9.17) is 0 Å². The second-order valence-corrected chi connectivity index (χ2v) is 6.07. The van der Waals surface area contributed by atoms with E-state index >= 15 is 0 Å². The Kier molecular flexibility index (Phi) is 4.30. The molecule has 1 aromatic rings. The van der Waals surface area contributed by atoms with E-state index in [1.807, 2.05) is 19.1 Å². The first-order chi connectivity index (χ1) is 7.45. The third kappa shape index (κ3) is 3.49. The second kappa shape index (κ2) is 5.30. The summed E-state index contributed by atoms with van der Waals surface area (Å²) in [6.45, 7) is 4.08. The minimum absolute atomic E-state index is 0.345. The summed E-state index contributed by atoms with van der Waals surface area (Å²) in [6, 6.07) is 7.19. The molecular weight excluding hydrogens is 220 g/mol. The predicted molar refractivity (Wildman–Crippen MR) is 67.4 cm³/mol. The molecule has 0 saturated heterocycles. The molecule has 0 aliphatic rings. The van der Waals surface area contributed by atoms with Crippen molar-refractivity contribution in [2.45, 2.75) is 31.1 Å². The third-order valence-electron chi connectivity index (χ3n) is 2.58. The molecule has 0 saturated carbocycles. The van der Waals surface area contributed by atoms with Gasteiger partial charge in [-0.2, -0.15) is 0 Å². The lowest BCUT2D eigenvalue weighted by atomic mass is 9.98. The van der Waals surface area contributed by atoms with E-state index in [2.05, 4.69) is 13.0 Å². The molecule has 16 heavy (non-hydrogen) atoms. The van der Waals surface area contributed by atoms with E-state index in [0.717, 1.165) is 12.0 Å². The van der Waals surface area contributed by atoms with Crippen LogP contribution in [0.1, 0.15) is 31.7 Å². The Labute approximate surface area is 97.9 Å². The standard InChI is InChI=1S/C13H18O2S/c1-4-5-7-11(2)12-8-6-9-13(10-12)16(3,14)15/h4-6,8-11H,7H2,1-3H3/b5-4-. The van der Waals surface area contributed by atoms with Gasteiger partial charge >= 0.3 is 0 Å². The van der Waals surface area contributed by atoms with Crippen LogP contribution in [0.25, 0.3) is 0 Å². The highest BCUT2D eigenvalue weighted by atomic mass is 32.2. The van der Waals surface area contributed by atoms with Gasteiger partial charge in [0.1, 0.15) is 0 Å². The molecule has 0 N–H and O–H groups in total. The third-order valence-corrected chi connectivity index (χ3v) is 3.69. The Morgan fingerprint density at radius 2 is 2.06 bits per heavy atom. The number of allylic oxidation sites excluding steroid dienone is 2. The fourth-order valence-corrected chi connectivity index (χ4v) is 2.20. The number of hydrogen-bond donors (Lipinski definition) is 0. The Hall–Kier alpha value is -1.09. The Balaban J connectivity index is 2.99. The smallest absolute Gasteiger partial charge is 0.175 e. The van der Waals surface area contributed by atoms with Gasteiger partial charge in [-0.1, -0.05) is 31.2 Å². The monoisotopic (exact) mass is 238 g/mol. The number of rotatable bonds is 4. The first-order valence-corrected chi connectivity index (χ1v) is 7.25. The molecule has 0 aromatic heterocycles. The summed E-state index contributed by atoms with van der Waals surface area (Å²) in [4.78, 5) is 0.400. The molecule has 1 aromatic carbocycles. The largest absolute Gasteiger partial charge is 0.224 e. The lowest BCUT2D eigenvalue weighted by molar-refractivity contribution is 0.601. The fourth-order valence-electron chi connectivity index (χ4n) is 1.53. The van der Waals surface area contributed by atoms with Crippen LogP contribution in [0.2, 0.25) is 0 Å². The summed E-state index contributed by atoms with van der Waals surface area (Å²) in [5.41, 5.74) is 1.07. The van der Waals surface area contributed by atoms with Gasteiger partial charge in [-0.25, -0.2) is 8.42 Å². The highest BCUT2D eigenvalue weighted by molar-refractivity contribution is 7.90. The maximum Gasteiger partial charge on any atom is 0.175 e. The normalized spacial score (nSPS) is 14.2. The Bertz CT molecular complexity index is 472. The quantitative estimate of drug-likeness (QED) is 0.755. The number of sulfone groups is 1. The van der Waals surface area contributed by atoms with Gasteiger partial charge in [0.2, 0.25) is 0 Å². The first-order valence-electron chi connectivity index (χ1n) is 5.36. The summed E-state index contributed by atoms with van der Waals surface area (Å²) in [5.74, 6) is 0.345. The molecule has 0 aliphatic heterocycles. The van der Waals surface area contributed by atoms with Crippen molar-refractivity contribution in [1.29, 1.82) is 0 Å². The van der Waals surface area contributed by atoms with E-state index in [0.29, 0.717) is 10.8 Å². The van der Waals surface area contributed by atoms with Gasteiger partial charge in [0.05, 0.1) is 4.90 Å². The lowest BCUT2D eigenvalue weighted by Gasteiger charge is -2.10. The molecule has 0 amide bonds. The van der Waals surface area contributed by atoms with E-state index in [1.165, 1.54) is 6.26 Å². The van der Waals surface area contributed by atoms with Crippen LogP contribution in [0.15, 0.2) is 41.3 Å². The van der Waals surface area contributed by atoms with Crippen LogP contribution in [-0.2, 0) is 9.84 Å². The van der Waals surface area contributed by atoms with Gasteiger partial charge in [-0.05, 0) is 37.0 Å². The van der Waals surface area contributed by atoms with Crippen molar-refractivity contribution in [3.8, 4) is 0 Å². The molecule has 1 atom stereocenters. The molecule has 0 aliphatic carbocycles. The molecule has 0 fully saturated rings. The number of hydrogen-bond acceptors (Lipinski definition) is 2. The van der Waals surface area contributed by atoms with Crippen LogP contribution >= 0.6 is 0 Å². The molecule has 0 bridgehead atoms. The Morgan fingerprint density at radius 1 is 1.38 bits per heavy atom. The lowest BCUT2D eigenvalue weighted by Crippen LogP contribution is -1.99. The molecule has 3 heteroatoms. The topological polar surface area (TPSA) is 34.1 Å². The Morgan fingerprint density at radius 3 is 2.62 bits per heavy atom. The van der Waals surface area contributed by atoms with Gasteiger partial charge in [-0.3, -0.25) is 0 Å². The molecule has 1 rings (SSSR count). The molecule has 1 unspecified atom stereocenters. The zero-order valence-electron chi connectivity index (χ0n) is 9.97. The van der Waals surface area contributed by atoms with Crippen LogP contribution in [0.4, 0.5) is 0 Å². The van der Waals surface area contributed by atoms with Crippen LogP contribution in [-0.4, -0.2) is 14.7 Å². The zero-order chi connectivity index (χ0) is 12.2. The summed E-state index contributed by atoms with van der Waals surface area (Å²) in [6.07, 6.45) is 6.28. The summed E-state index contributed by atoms with van der Waals surface area (Å²) >= 11 is 0. The molecular formula is C13H18O2S. The van der Waals surface area contributed by atoms with Crippen molar-refractivity contribution in [2.75, 3.05) is 6.26 Å². The average molecular weight is 238 g/mol. The average Bonchev–Trinajstić information content (AvgIpc) is 2.25. The van der Waals surface area contributed by atoms with Crippen molar-refractivity contribution < 1.29 is 8.42 Å². The van der Waals surface area contributed by atoms with E-state index in [9.17, 15) is 8.42 Å². The zero-order valence-corrected chi connectivity index (χ0v) is 10.8. The SMILES string of the molecule is C/C=C\CC(C)c1cccc(S(C)(=O)=O)c1. The fraction of sp³-hybridized carbons (Fsp3) is 0.385. The van der Waals surface area contributed by atoms with Gasteiger partial charge < -0.3 is 0 Å². The first kappa shape index (κ1) is 13.0. The highest BCUT2D eigenvalue weighted by Crippen LogP contribution is 2.22. The van der Waals surface area contributed by atoms with Crippen molar-refractivity contribution in [3.63, 3.8) is 0 Å². The molecule has 2 nitrogen and oxygen atoms in total. The minimum Gasteiger partial charge on any atom is -0.224 e. The second-order valence-electron chi connectivity index (χ2n) is 4.05. The van der Waals surface area contributed by atoms with Gasteiger partial charge in [-0.15, -0.1) is 0 Å². The molecule has 0 radical (unpaired) electrons. The maximum atomic E-state index is 11.4. The van der Waals surface area contributed by atoms with Crippen LogP contribution < -0.4 is 0 Å². The van der Waals surface area contributed by atoms with E-state index < -0.39 is 9.84 Å². The molecule has 0 heterocycles. The van der Waals surface area contributed by atoms with Crippen LogP contribution in [0.3, 0.4) is 0 Å². The van der Waals surface area contributed by atoms with Crippen LogP contribution in [0.5, 0.6) is 0 Å². The minimum atomic E-state index is -3.10. The van der Waals surface area contributed by atoms with Gasteiger partial charge in [0, 0.05) is 6.26 Å². The molecule has 88 valence electrons. The van der Waals surface area contributed by atoms with Gasteiger partial charge in [0.15, 0.2) is 9.84 Å². The van der Waals surface area contributed by atoms with Crippen LogP contribution in [0, 0.1) is 0 Å². The summed E-state index contributed by atoms with van der Waals surface area (Å²) in [7, 11) is -3.10. The van der Waals surface area contributed by atoms with Gasteiger partial charge in [0.25, 0.3) is 0 Å². The predicted octanol–water partition coefficient (Wildman–Crippen LogP) is 3.16. The summed E-state index contributed by atoms with van der Waals surface area (Å²) in [5, 5.41) is 0. The number of benzene rings is 1. The molecule has 0 spiro atoms. The van der Waals surface area contributed by atoms with Crippen molar-refractivity contribution in [2.24, 2.45) is 0 Å². The highest BCUT2D eigenvalue weighted by Gasteiger charge is 2.10. The summed E-state index contributed by atoms with van der Waals surface area (Å²) < 4.78 is 22.8. The van der Waals surface area contributed by atoms with Crippen molar-refractivity contribution >= 4 is 9.84 Å². The van der Waals surface area contributed by atoms with Crippen molar-refractivity contribution in [3.05, 3.63) is 42.0 Å². The van der Waals surface area contributed by atoms with E-state index in [-0.39, 0.29) is 0 Å². The van der Waals surface area contributed by atoms with Crippen molar-refractivity contribution in [1.82, 2.24) is 0 Å². The van der Waals surface area contributed by atoms with E-state index in [1.54, 1.807) is 18.2 Å². The maximum absolute atomic E-state index is 11.4.